The van der Waals surface area contributed by atoms with Gasteiger partial charge in [0.05, 0.1) is 0 Å². The van der Waals surface area contributed by atoms with Gasteiger partial charge < -0.3 is 5.32 Å². The van der Waals surface area contributed by atoms with Crippen molar-refractivity contribution >= 4 is 28.8 Å². The molecule has 19 heavy (non-hydrogen) atoms. The van der Waals surface area contributed by atoms with E-state index in [0.29, 0.717) is 5.69 Å². The first-order valence-electron chi connectivity index (χ1n) is 5.59. The molecule has 2 rings (SSSR count). The van der Waals surface area contributed by atoms with E-state index in [9.17, 15) is 13.2 Å². The number of hydrogen-bond acceptors (Lipinski definition) is 3. The third kappa shape index (κ3) is 4.18. The summed E-state index contributed by atoms with van der Waals surface area (Å²) in [5, 5.41) is 7.05. The minimum Gasteiger partial charge on any atom is -0.378 e. The molecular weight excluding hydrogens is 291 g/mol. The van der Waals surface area contributed by atoms with Gasteiger partial charge in [-0.3, -0.25) is 0 Å². The molecule has 2 aromatic rings. The van der Waals surface area contributed by atoms with Gasteiger partial charge in [0.2, 0.25) is 0 Å². The van der Waals surface area contributed by atoms with E-state index in [1.807, 2.05) is 23.8 Å². The predicted molar refractivity (Wildman–Crippen MR) is 74.7 cm³/mol. The molecule has 1 N–H and O–H groups in total. The molecule has 0 saturated carbocycles. The third-order valence-corrected chi connectivity index (χ3v) is 4.04. The Morgan fingerprint density at radius 1 is 1.21 bits per heavy atom. The number of benzene rings is 1. The van der Waals surface area contributed by atoms with Crippen LogP contribution in [-0.4, -0.2) is 5.51 Å². The van der Waals surface area contributed by atoms with Crippen LogP contribution in [-0.2, 0) is 0 Å². The second-order valence-corrected chi connectivity index (χ2v) is 5.85. The van der Waals surface area contributed by atoms with Gasteiger partial charge in [-0.15, -0.1) is 0 Å². The van der Waals surface area contributed by atoms with Crippen molar-refractivity contribution in [2.45, 2.75) is 23.4 Å². The molecule has 0 bridgehead atoms. The summed E-state index contributed by atoms with van der Waals surface area (Å²) >= 11 is 1.47. The molecule has 0 aliphatic heterocycles. The van der Waals surface area contributed by atoms with Gasteiger partial charge in [-0.2, -0.15) is 24.5 Å². The van der Waals surface area contributed by atoms with Crippen LogP contribution < -0.4 is 5.32 Å². The predicted octanol–water partition coefficient (Wildman–Crippen LogP) is 5.53. The van der Waals surface area contributed by atoms with Crippen LogP contribution in [0.5, 0.6) is 0 Å². The fourth-order valence-corrected chi connectivity index (χ4v) is 3.02. The standard InChI is InChI=1S/C13H12F3NS2/c1-9(10-6-7-18-8-10)17-11-4-2-3-5-12(11)19-13(14,15)16/h2-9,17H,1H3. The van der Waals surface area contributed by atoms with Gasteiger partial charge in [0.1, 0.15) is 0 Å². The number of para-hydroxylation sites is 1. The highest BCUT2D eigenvalue weighted by atomic mass is 32.2. The van der Waals surface area contributed by atoms with Crippen LogP contribution in [0.3, 0.4) is 0 Å². The molecule has 1 atom stereocenters. The zero-order chi connectivity index (χ0) is 13.9. The van der Waals surface area contributed by atoms with Gasteiger partial charge in [-0.1, -0.05) is 12.1 Å². The first-order chi connectivity index (χ1) is 8.96. The highest BCUT2D eigenvalue weighted by Crippen LogP contribution is 2.41. The van der Waals surface area contributed by atoms with Gasteiger partial charge in [0, 0.05) is 16.6 Å². The van der Waals surface area contributed by atoms with Crippen molar-refractivity contribution in [1.29, 1.82) is 0 Å². The summed E-state index contributed by atoms with van der Waals surface area (Å²) < 4.78 is 37.4. The maximum Gasteiger partial charge on any atom is 0.446 e. The molecule has 0 amide bonds. The first kappa shape index (κ1) is 14.3. The van der Waals surface area contributed by atoms with E-state index in [1.54, 1.807) is 29.5 Å². The maximum absolute atomic E-state index is 12.5. The van der Waals surface area contributed by atoms with Crippen LogP contribution in [0.4, 0.5) is 18.9 Å². The highest BCUT2D eigenvalue weighted by molar-refractivity contribution is 8.00. The van der Waals surface area contributed by atoms with Gasteiger partial charge in [0.25, 0.3) is 0 Å². The summed E-state index contributed by atoms with van der Waals surface area (Å²) in [6.07, 6.45) is 0. The van der Waals surface area contributed by atoms with Gasteiger partial charge >= 0.3 is 5.51 Å². The quantitative estimate of drug-likeness (QED) is 0.745. The maximum atomic E-state index is 12.5. The largest absolute Gasteiger partial charge is 0.446 e. The molecule has 0 aliphatic carbocycles. The normalized spacial score (nSPS) is 13.3. The number of rotatable bonds is 4. The second kappa shape index (κ2) is 5.88. The van der Waals surface area contributed by atoms with Crippen LogP contribution in [0.1, 0.15) is 18.5 Å². The number of nitrogens with one attached hydrogen (secondary N) is 1. The summed E-state index contributed by atoms with van der Waals surface area (Å²) in [6.45, 7) is 1.93. The Balaban J connectivity index is 2.16. The summed E-state index contributed by atoms with van der Waals surface area (Å²) in [4.78, 5) is 0.192. The Morgan fingerprint density at radius 3 is 2.58 bits per heavy atom. The van der Waals surface area contributed by atoms with Crippen molar-refractivity contribution in [3.63, 3.8) is 0 Å². The Morgan fingerprint density at radius 2 is 1.95 bits per heavy atom. The van der Waals surface area contributed by atoms with Crippen molar-refractivity contribution in [2.24, 2.45) is 0 Å². The molecule has 102 valence electrons. The van der Waals surface area contributed by atoms with Gasteiger partial charge in [0.15, 0.2) is 0 Å². The zero-order valence-electron chi connectivity index (χ0n) is 10.1. The number of thioether (sulfide) groups is 1. The summed E-state index contributed by atoms with van der Waals surface area (Å²) in [5.41, 5.74) is -2.70. The molecule has 0 radical (unpaired) electrons. The smallest absolute Gasteiger partial charge is 0.378 e. The van der Waals surface area contributed by atoms with E-state index in [0.717, 1.165) is 5.56 Å². The molecule has 1 aromatic carbocycles. The second-order valence-electron chi connectivity index (χ2n) is 3.97. The van der Waals surface area contributed by atoms with E-state index in [2.05, 4.69) is 5.32 Å². The van der Waals surface area contributed by atoms with E-state index in [-0.39, 0.29) is 22.7 Å². The molecule has 1 heterocycles. The molecule has 6 heteroatoms. The number of thiophene rings is 1. The van der Waals surface area contributed by atoms with E-state index in [4.69, 9.17) is 0 Å². The average Bonchev–Trinajstić information content (AvgIpc) is 2.83. The fourth-order valence-electron chi connectivity index (χ4n) is 1.64. The molecular formula is C13H12F3NS2. The molecule has 0 spiro atoms. The molecule has 0 fully saturated rings. The summed E-state index contributed by atoms with van der Waals surface area (Å²) in [6, 6.07) is 8.40. The van der Waals surface area contributed by atoms with Crippen LogP contribution in [0, 0.1) is 0 Å². The zero-order valence-corrected chi connectivity index (χ0v) is 11.7. The number of halogens is 3. The van der Waals surface area contributed by atoms with Crippen molar-refractivity contribution in [1.82, 2.24) is 0 Å². The number of alkyl halides is 3. The van der Waals surface area contributed by atoms with Crippen LogP contribution >= 0.6 is 23.1 Å². The summed E-state index contributed by atoms with van der Waals surface area (Å²) in [5.74, 6) is 0. The number of anilines is 1. The monoisotopic (exact) mass is 303 g/mol. The van der Waals surface area contributed by atoms with E-state index >= 15 is 0 Å². The van der Waals surface area contributed by atoms with E-state index < -0.39 is 5.51 Å². The SMILES string of the molecule is CC(Nc1ccccc1SC(F)(F)F)c1ccsc1. The van der Waals surface area contributed by atoms with Crippen LogP contribution in [0.2, 0.25) is 0 Å². The van der Waals surface area contributed by atoms with Crippen molar-refractivity contribution in [3.05, 3.63) is 46.7 Å². The lowest BCUT2D eigenvalue weighted by molar-refractivity contribution is -0.0327. The lowest BCUT2D eigenvalue weighted by atomic mass is 10.1. The molecule has 0 saturated heterocycles. The Hall–Kier alpha value is -1.14. The minimum atomic E-state index is -4.27. The topological polar surface area (TPSA) is 12.0 Å². The van der Waals surface area contributed by atoms with Crippen LogP contribution in [0.15, 0.2) is 46.0 Å². The Labute approximate surface area is 117 Å². The minimum absolute atomic E-state index is 0.0266. The van der Waals surface area contributed by atoms with Gasteiger partial charge in [-0.25, -0.2) is 0 Å². The fraction of sp³-hybridized carbons (Fsp3) is 0.231. The Bertz CT molecular complexity index is 523. The highest BCUT2D eigenvalue weighted by Gasteiger charge is 2.30. The first-order valence-corrected chi connectivity index (χ1v) is 7.35. The van der Waals surface area contributed by atoms with Gasteiger partial charge in [-0.05, 0) is 53.2 Å². The van der Waals surface area contributed by atoms with Crippen molar-refractivity contribution < 1.29 is 13.2 Å². The molecule has 1 nitrogen and oxygen atoms in total. The number of hydrogen-bond donors (Lipinski definition) is 1. The third-order valence-electron chi connectivity index (χ3n) is 2.53. The van der Waals surface area contributed by atoms with E-state index in [1.165, 1.54) is 6.07 Å². The molecule has 1 aromatic heterocycles. The van der Waals surface area contributed by atoms with Crippen molar-refractivity contribution in [2.75, 3.05) is 5.32 Å². The lowest BCUT2D eigenvalue weighted by Crippen LogP contribution is -2.07. The average molecular weight is 303 g/mol. The Kier molecular flexibility index (Phi) is 4.42. The lowest BCUT2D eigenvalue weighted by Gasteiger charge is -2.17. The summed E-state index contributed by atoms with van der Waals surface area (Å²) in [7, 11) is 0. The van der Waals surface area contributed by atoms with Crippen molar-refractivity contribution in [3.8, 4) is 0 Å². The molecule has 0 aliphatic rings. The molecule has 1 unspecified atom stereocenters. The van der Waals surface area contributed by atoms with Crippen LogP contribution in [0.25, 0.3) is 0 Å².